The van der Waals surface area contributed by atoms with Crippen LogP contribution in [0.3, 0.4) is 0 Å². The van der Waals surface area contributed by atoms with Crippen molar-refractivity contribution in [2.75, 3.05) is 0 Å². The summed E-state index contributed by atoms with van der Waals surface area (Å²) in [5.41, 5.74) is 0.720. The Morgan fingerprint density at radius 2 is 1.05 bits per heavy atom. The topological polar surface area (TPSA) is 0 Å². The van der Waals surface area contributed by atoms with E-state index in [-0.39, 0.29) is 0 Å². The van der Waals surface area contributed by atoms with Gasteiger partial charge in [-0.3, -0.25) is 0 Å². The molecule has 0 spiro atoms. The molecule has 0 aliphatic rings. The maximum absolute atomic E-state index is 11.8. The van der Waals surface area contributed by atoms with Crippen LogP contribution >= 0.6 is 0 Å². The molecule has 0 nitrogen and oxygen atoms in total. The summed E-state index contributed by atoms with van der Waals surface area (Å²) < 4.78 is 35.4. The first kappa shape index (κ1) is 17.2. The predicted molar refractivity (Wildman–Crippen MR) is 74.0 cm³/mol. The van der Waals surface area contributed by atoms with Gasteiger partial charge < -0.3 is 0 Å². The molecule has 0 radical (unpaired) electrons. The second-order valence-electron chi connectivity index (χ2n) is 3.52. The van der Waals surface area contributed by atoms with Gasteiger partial charge in [-0.1, -0.05) is 80.1 Å². The average molecular weight is 268 g/mol. The number of alkyl halides is 3. The first-order valence-electron chi connectivity index (χ1n) is 6.14. The molecule has 0 heterocycles. The van der Waals surface area contributed by atoms with Crippen LogP contribution in [0.25, 0.3) is 0 Å². The third-order valence-corrected chi connectivity index (χ3v) is 2.04. The van der Waals surface area contributed by atoms with Gasteiger partial charge in [0, 0.05) is 0 Å². The van der Waals surface area contributed by atoms with Gasteiger partial charge >= 0.3 is 6.18 Å². The Morgan fingerprint density at radius 1 is 0.684 bits per heavy atom. The molecule has 0 N–H and O–H groups in total. The molecule has 19 heavy (non-hydrogen) atoms. The van der Waals surface area contributed by atoms with Crippen molar-refractivity contribution in [2.24, 2.45) is 0 Å². The predicted octanol–water partition coefficient (Wildman–Crippen LogP) is 5.73. The fourth-order valence-electron chi connectivity index (χ4n) is 1.16. The van der Waals surface area contributed by atoms with E-state index in [9.17, 15) is 13.2 Å². The van der Waals surface area contributed by atoms with Gasteiger partial charge in [-0.15, -0.1) is 0 Å². The summed E-state index contributed by atoms with van der Waals surface area (Å²) >= 11 is 0. The molecule has 0 unspecified atom stereocenters. The molecule has 0 aliphatic heterocycles. The Labute approximate surface area is 112 Å². The maximum atomic E-state index is 11.8. The van der Waals surface area contributed by atoms with Crippen LogP contribution in [0.4, 0.5) is 13.2 Å². The smallest absolute Gasteiger partial charge is 0.166 e. The van der Waals surface area contributed by atoms with Crippen molar-refractivity contribution in [1.82, 2.24) is 0 Å². The summed E-state index contributed by atoms with van der Waals surface area (Å²) in [5, 5.41) is 0. The molecule has 0 bridgehead atoms. The van der Waals surface area contributed by atoms with Gasteiger partial charge in [0.05, 0.1) is 5.56 Å². The average Bonchev–Trinajstić information content (AvgIpc) is 2.43. The van der Waals surface area contributed by atoms with Crippen LogP contribution in [-0.2, 0) is 6.18 Å². The fraction of sp³-hybridized carbons (Fsp3) is 0.250. The molecule has 0 aromatic heterocycles. The van der Waals surface area contributed by atoms with Gasteiger partial charge in [0.2, 0.25) is 0 Å². The highest BCUT2D eigenvalue weighted by atomic mass is 19.4. The summed E-state index contributed by atoms with van der Waals surface area (Å²) in [7, 11) is 0. The van der Waals surface area contributed by atoms with Crippen LogP contribution in [0, 0.1) is 6.92 Å². The van der Waals surface area contributed by atoms with Crippen molar-refractivity contribution < 1.29 is 13.2 Å². The fourth-order valence-corrected chi connectivity index (χ4v) is 1.16. The van der Waals surface area contributed by atoms with E-state index >= 15 is 0 Å². The minimum atomic E-state index is -4.21. The van der Waals surface area contributed by atoms with E-state index in [0.717, 1.165) is 12.1 Å². The van der Waals surface area contributed by atoms with Crippen molar-refractivity contribution in [3.05, 3.63) is 71.8 Å². The normalized spacial score (nSPS) is 9.58. The minimum absolute atomic E-state index is 0.602. The lowest BCUT2D eigenvalue weighted by Crippen LogP contribution is -2.03. The Morgan fingerprint density at radius 3 is 1.26 bits per heavy atom. The number of halogens is 3. The molecule has 0 aliphatic carbocycles. The summed E-state index contributed by atoms with van der Waals surface area (Å²) in [6.07, 6.45) is -4.21. The van der Waals surface area contributed by atoms with E-state index in [1.807, 2.05) is 32.0 Å². The van der Waals surface area contributed by atoms with Crippen molar-refractivity contribution in [3.8, 4) is 0 Å². The Kier molecular flexibility index (Phi) is 8.34. The van der Waals surface area contributed by atoms with Crippen LogP contribution in [-0.4, -0.2) is 0 Å². The first-order chi connectivity index (χ1) is 9.00. The molecule has 0 atom stereocenters. The second kappa shape index (κ2) is 9.20. The molecule has 104 valence electrons. The first-order valence-corrected chi connectivity index (χ1v) is 6.14. The van der Waals surface area contributed by atoms with E-state index < -0.39 is 11.7 Å². The van der Waals surface area contributed by atoms with Crippen molar-refractivity contribution in [3.63, 3.8) is 0 Å². The zero-order chi connectivity index (χ0) is 14.7. The van der Waals surface area contributed by atoms with E-state index in [1.54, 1.807) is 6.07 Å². The van der Waals surface area contributed by atoms with Gasteiger partial charge in [0.15, 0.2) is 0 Å². The molecular formula is C16H19F3. The van der Waals surface area contributed by atoms with Gasteiger partial charge in [-0.25, -0.2) is 0 Å². The number of rotatable bonds is 0. The van der Waals surface area contributed by atoms with Crippen LogP contribution in [0.2, 0.25) is 0 Å². The molecule has 2 aromatic rings. The van der Waals surface area contributed by atoms with Crippen LogP contribution < -0.4 is 0 Å². The molecule has 2 aromatic carbocycles. The summed E-state index contributed by atoms with van der Waals surface area (Å²) in [4.78, 5) is 0. The highest BCUT2D eigenvalue weighted by Crippen LogP contribution is 2.28. The lowest BCUT2D eigenvalue weighted by atomic mass is 10.2. The lowest BCUT2D eigenvalue weighted by molar-refractivity contribution is -0.137. The molecule has 0 saturated heterocycles. The summed E-state index contributed by atoms with van der Waals surface area (Å²) in [5.74, 6) is 0. The maximum Gasteiger partial charge on any atom is 0.416 e. The van der Waals surface area contributed by atoms with Crippen LogP contribution in [0.5, 0.6) is 0 Å². The van der Waals surface area contributed by atoms with Crippen LogP contribution in [0.15, 0.2) is 60.7 Å². The third-order valence-electron chi connectivity index (χ3n) is 2.04. The number of hydrogen-bond acceptors (Lipinski definition) is 0. The quantitative estimate of drug-likeness (QED) is 0.572. The van der Waals surface area contributed by atoms with Crippen molar-refractivity contribution >= 4 is 0 Å². The van der Waals surface area contributed by atoms with Crippen molar-refractivity contribution in [2.45, 2.75) is 26.9 Å². The molecule has 0 amide bonds. The van der Waals surface area contributed by atoms with E-state index in [0.29, 0.717) is 0 Å². The van der Waals surface area contributed by atoms with E-state index in [4.69, 9.17) is 0 Å². The minimum Gasteiger partial charge on any atom is -0.166 e. The zero-order valence-corrected chi connectivity index (χ0v) is 11.4. The molecule has 0 fully saturated rings. The van der Waals surface area contributed by atoms with E-state index in [2.05, 4.69) is 19.1 Å². The largest absolute Gasteiger partial charge is 0.416 e. The number of benzene rings is 2. The van der Waals surface area contributed by atoms with E-state index in [1.165, 1.54) is 17.7 Å². The Hall–Kier alpha value is -1.77. The number of aryl methyl sites for hydroxylation is 1. The second-order valence-corrected chi connectivity index (χ2v) is 3.52. The van der Waals surface area contributed by atoms with Crippen LogP contribution in [0.1, 0.15) is 25.0 Å². The highest BCUT2D eigenvalue weighted by Gasteiger charge is 2.29. The summed E-state index contributed by atoms with van der Waals surface area (Å²) in [6, 6.07) is 16.6. The SMILES string of the molecule is CC.Cc1ccccc1.FC(F)(F)c1ccccc1. The van der Waals surface area contributed by atoms with Gasteiger partial charge in [0.1, 0.15) is 0 Å². The monoisotopic (exact) mass is 268 g/mol. The lowest BCUT2D eigenvalue weighted by Gasteiger charge is -2.03. The summed E-state index contributed by atoms with van der Waals surface area (Å²) in [6.45, 7) is 6.08. The molecule has 0 saturated carbocycles. The third kappa shape index (κ3) is 8.03. The van der Waals surface area contributed by atoms with Gasteiger partial charge in [-0.2, -0.15) is 13.2 Å². The van der Waals surface area contributed by atoms with Crippen molar-refractivity contribution in [1.29, 1.82) is 0 Å². The van der Waals surface area contributed by atoms with Gasteiger partial charge in [0.25, 0.3) is 0 Å². The Bertz CT molecular complexity index is 419. The molecule has 3 heteroatoms. The number of hydrogen-bond donors (Lipinski definition) is 0. The standard InChI is InChI=1S/C7H5F3.C7H8.C2H6/c8-7(9,10)6-4-2-1-3-5-6;1-7-5-3-2-4-6-7;1-2/h1-5H;2-6H,1H3;1-2H3. The zero-order valence-electron chi connectivity index (χ0n) is 11.4. The Balaban J connectivity index is 0.000000316. The molecule has 2 rings (SSSR count). The highest BCUT2D eigenvalue weighted by molar-refractivity contribution is 5.17. The van der Waals surface area contributed by atoms with Gasteiger partial charge in [-0.05, 0) is 6.92 Å². The molecular weight excluding hydrogens is 249 g/mol.